The van der Waals surface area contributed by atoms with Gasteiger partial charge in [-0.05, 0) is 131 Å². The Kier molecular flexibility index (Phi) is 20.5. The van der Waals surface area contributed by atoms with Gasteiger partial charge < -0.3 is 44.0 Å². The van der Waals surface area contributed by atoms with Gasteiger partial charge in [-0.2, -0.15) is 0 Å². The SMILES string of the molecule is Cc1cc(OCCCN(CCC(N)=O)Cc2ccccc2)ccc1Cc1c(O[C@@H]2O[C@H](COC(=O)C(C)(C)C)[C@@H](OC(=O)C(C)(C)C)[C@H](OC(=O)C(C)(C)C)[C@H]2OC(=O)C(C)(C)C)nn(CCO)c1C(C)C. The molecule has 1 fully saturated rings. The molecular weight excluding hydrogens is 925 g/mol. The van der Waals surface area contributed by atoms with Gasteiger partial charge in [0.2, 0.25) is 24.2 Å². The molecular formula is C55H82N4O13. The van der Waals surface area contributed by atoms with E-state index < -0.39 is 82.8 Å². The van der Waals surface area contributed by atoms with Crippen LogP contribution in [-0.4, -0.2) is 113 Å². The number of hydrogen-bond donors (Lipinski definition) is 2. The fraction of sp³-hybridized carbons (Fsp3) is 0.636. The van der Waals surface area contributed by atoms with Crippen molar-refractivity contribution in [3.8, 4) is 11.6 Å². The molecule has 3 N–H and O–H groups in total. The minimum absolute atomic E-state index is 0.0848. The number of amides is 1. The zero-order chi connectivity index (χ0) is 53.9. The summed E-state index contributed by atoms with van der Waals surface area (Å²) in [6, 6.07) is 15.9. The number of aryl methyl sites for hydroxylation is 1. The van der Waals surface area contributed by atoms with Crippen LogP contribution in [0.25, 0.3) is 0 Å². The van der Waals surface area contributed by atoms with Crippen molar-refractivity contribution in [3.63, 3.8) is 0 Å². The Hall–Kier alpha value is -5.52. The van der Waals surface area contributed by atoms with E-state index >= 15 is 0 Å². The van der Waals surface area contributed by atoms with E-state index in [-0.39, 0.29) is 37.3 Å². The lowest BCUT2D eigenvalue weighted by Crippen LogP contribution is -2.65. The quantitative estimate of drug-likeness (QED) is 0.0562. The molecule has 1 aliphatic rings. The molecule has 0 saturated carbocycles. The summed E-state index contributed by atoms with van der Waals surface area (Å²) in [5.41, 5.74) is 5.75. The van der Waals surface area contributed by atoms with Crippen LogP contribution in [-0.2, 0) is 67.2 Å². The van der Waals surface area contributed by atoms with Gasteiger partial charge >= 0.3 is 23.9 Å². The van der Waals surface area contributed by atoms with Crippen molar-refractivity contribution in [3.05, 3.63) is 76.5 Å². The summed E-state index contributed by atoms with van der Waals surface area (Å²) in [4.78, 5) is 68.7. The number of nitrogens with two attached hydrogens (primary N) is 1. The molecule has 3 aromatic rings. The summed E-state index contributed by atoms with van der Waals surface area (Å²) in [5, 5.41) is 15.1. The minimum Gasteiger partial charge on any atom is -0.494 e. The second-order valence-corrected chi connectivity index (χ2v) is 23.1. The maximum Gasteiger partial charge on any atom is 0.311 e. The largest absolute Gasteiger partial charge is 0.494 e. The number of carbonyl (C=O) groups is 5. The van der Waals surface area contributed by atoms with Crippen LogP contribution in [0, 0.1) is 28.6 Å². The normalized spacial score (nSPS) is 18.7. The van der Waals surface area contributed by atoms with Crippen molar-refractivity contribution in [2.45, 2.75) is 173 Å². The number of benzene rings is 2. The fourth-order valence-corrected chi connectivity index (χ4v) is 7.56. The molecule has 1 aliphatic heterocycles. The molecule has 17 heteroatoms. The zero-order valence-electron chi connectivity index (χ0n) is 45.4. The topological polar surface area (TPSA) is 217 Å². The Balaban J connectivity index is 1.76. The smallest absolute Gasteiger partial charge is 0.311 e. The summed E-state index contributed by atoms with van der Waals surface area (Å²) < 4.78 is 45.8. The van der Waals surface area contributed by atoms with Gasteiger partial charge in [-0.25, -0.2) is 0 Å². The first-order chi connectivity index (χ1) is 33.4. The Morgan fingerprint density at radius 2 is 1.35 bits per heavy atom. The van der Waals surface area contributed by atoms with Gasteiger partial charge in [0.15, 0.2) is 12.2 Å². The number of ether oxygens (including phenoxy) is 7. The Labute approximate surface area is 426 Å². The summed E-state index contributed by atoms with van der Waals surface area (Å²) >= 11 is 0. The number of primary amides is 1. The van der Waals surface area contributed by atoms with Crippen LogP contribution in [0.15, 0.2) is 48.5 Å². The number of aromatic nitrogens is 2. The average molecular weight is 1010 g/mol. The van der Waals surface area contributed by atoms with E-state index in [1.165, 1.54) is 0 Å². The predicted molar refractivity (Wildman–Crippen MR) is 271 cm³/mol. The number of aliphatic hydroxyl groups is 1. The van der Waals surface area contributed by atoms with Crippen molar-refractivity contribution in [2.75, 3.05) is 32.9 Å². The van der Waals surface area contributed by atoms with Gasteiger partial charge in [-0.15, -0.1) is 5.10 Å². The van der Waals surface area contributed by atoms with Gasteiger partial charge in [0, 0.05) is 43.7 Å². The molecule has 5 atom stereocenters. The van der Waals surface area contributed by atoms with E-state index in [1.54, 1.807) is 87.8 Å². The van der Waals surface area contributed by atoms with Gasteiger partial charge in [0.05, 0.1) is 41.4 Å². The summed E-state index contributed by atoms with van der Waals surface area (Å²) in [5.74, 6) is -2.36. The third-order valence-corrected chi connectivity index (χ3v) is 11.8. The van der Waals surface area contributed by atoms with Crippen molar-refractivity contribution < 1.29 is 62.2 Å². The van der Waals surface area contributed by atoms with Crippen molar-refractivity contribution in [1.29, 1.82) is 0 Å². The number of aliphatic hydroxyl groups excluding tert-OH is 1. The number of rotatable bonds is 22. The number of carbonyl (C=O) groups excluding carboxylic acids is 5. The maximum atomic E-state index is 14.0. The number of nitrogens with zero attached hydrogens (tertiary/aromatic N) is 3. The monoisotopic (exact) mass is 1010 g/mol. The fourth-order valence-electron chi connectivity index (χ4n) is 7.56. The van der Waals surface area contributed by atoms with Gasteiger partial charge in [0.25, 0.3) is 0 Å². The standard InChI is InChI=1S/C55H82N4O13/c1-34(2)42-39(31-37-22-23-38(30-35(37)3)66-29-19-25-58(26-24-41(56)61)32-36-20-17-16-18-21-36)46(57-59(42)27-28-60)72-47-45(71-51(65)55(13,14)15)44(70-50(64)54(10,11)12)43(69-49(63)53(7,8)9)40(68-47)33-67-48(62)52(4,5)6/h16-18,20-23,30,34,40,43-45,47,60H,19,24-29,31-33H2,1-15H3,(H2,56,61)/t40-,43-,44+,45-,47+/m1/s1. The first-order valence-corrected chi connectivity index (χ1v) is 25.0. The third-order valence-electron chi connectivity index (χ3n) is 11.8. The molecule has 0 unspecified atom stereocenters. The second kappa shape index (κ2) is 24.9. The molecule has 1 aromatic heterocycles. The lowest BCUT2D eigenvalue weighted by atomic mass is 9.93. The highest BCUT2D eigenvalue weighted by atomic mass is 16.7. The van der Waals surface area contributed by atoms with Crippen LogP contribution in [0.3, 0.4) is 0 Å². The molecule has 0 aliphatic carbocycles. The first-order valence-electron chi connectivity index (χ1n) is 25.0. The molecule has 400 valence electrons. The number of hydrogen-bond acceptors (Lipinski definition) is 15. The summed E-state index contributed by atoms with van der Waals surface area (Å²) in [7, 11) is 0. The van der Waals surface area contributed by atoms with Crippen molar-refractivity contribution in [2.24, 2.45) is 27.4 Å². The van der Waals surface area contributed by atoms with Gasteiger partial charge in [0.1, 0.15) is 18.5 Å². The van der Waals surface area contributed by atoms with Crippen LogP contribution in [0.5, 0.6) is 11.6 Å². The predicted octanol–water partition coefficient (Wildman–Crippen LogP) is 7.61. The molecule has 17 nitrogen and oxygen atoms in total. The van der Waals surface area contributed by atoms with Crippen LogP contribution < -0.4 is 15.2 Å². The Morgan fingerprint density at radius 3 is 1.88 bits per heavy atom. The molecule has 2 aromatic carbocycles. The van der Waals surface area contributed by atoms with Crippen molar-refractivity contribution >= 4 is 29.8 Å². The molecule has 0 spiro atoms. The highest BCUT2D eigenvalue weighted by Crippen LogP contribution is 2.38. The summed E-state index contributed by atoms with van der Waals surface area (Å²) in [6.45, 7) is 27.7. The second-order valence-electron chi connectivity index (χ2n) is 23.1. The van der Waals surface area contributed by atoms with Crippen LogP contribution in [0.4, 0.5) is 0 Å². The van der Waals surface area contributed by atoms with E-state index in [4.69, 9.17) is 44.0 Å². The maximum absolute atomic E-state index is 14.0. The molecule has 1 saturated heterocycles. The highest BCUT2D eigenvalue weighted by Gasteiger charge is 2.56. The lowest BCUT2D eigenvalue weighted by molar-refractivity contribution is -0.294. The molecule has 0 bridgehead atoms. The van der Waals surface area contributed by atoms with Gasteiger partial charge in [-0.3, -0.25) is 33.6 Å². The Bertz CT molecular complexity index is 2300. The molecule has 4 rings (SSSR count). The molecule has 2 heterocycles. The van der Waals surface area contributed by atoms with E-state index in [9.17, 15) is 29.1 Å². The van der Waals surface area contributed by atoms with Crippen LogP contribution in [0.1, 0.15) is 144 Å². The van der Waals surface area contributed by atoms with E-state index in [0.29, 0.717) is 50.4 Å². The average Bonchev–Trinajstić information content (AvgIpc) is 3.60. The minimum atomic E-state index is -1.58. The zero-order valence-corrected chi connectivity index (χ0v) is 45.4. The lowest BCUT2D eigenvalue weighted by Gasteiger charge is -2.45. The van der Waals surface area contributed by atoms with E-state index in [1.807, 2.05) is 57.2 Å². The van der Waals surface area contributed by atoms with Crippen LogP contribution >= 0.6 is 0 Å². The molecule has 72 heavy (non-hydrogen) atoms. The molecule has 0 radical (unpaired) electrons. The third kappa shape index (κ3) is 17.0. The van der Waals surface area contributed by atoms with E-state index in [2.05, 4.69) is 17.0 Å². The van der Waals surface area contributed by atoms with E-state index in [0.717, 1.165) is 22.4 Å². The van der Waals surface area contributed by atoms with Crippen molar-refractivity contribution in [1.82, 2.24) is 14.7 Å². The Morgan fingerprint density at radius 1 is 0.778 bits per heavy atom. The van der Waals surface area contributed by atoms with Gasteiger partial charge in [-0.1, -0.05) is 50.2 Å². The summed E-state index contributed by atoms with van der Waals surface area (Å²) in [6.07, 6.45) is -6.16. The molecule has 1 amide bonds. The van der Waals surface area contributed by atoms with Crippen LogP contribution in [0.2, 0.25) is 0 Å². The first kappa shape index (κ1) is 59.0. The number of esters is 4. The highest BCUT2D eigenvalue weighted by molar-refractivity contribution is 5.78.